The number of halogens is 1. The lowest BCUT2D eigenvalue weighted by Gasteiger charge is -2.07. The third-order valence-corrected chi connectivity index (χ3v) is 6.05. The molecule has 0 spiro atoms. The van der Waals surface area contributed by atoms with E-state index in [0.29, 0.717) is 0 Å². The number of aryl methyl sites for hydroxylation is 1. The normalized spacial score (nSPS) is 14.0. The molecule has 2 heteroatoms. The summed E-state index contributed by atoms with van der Waals surface area (Å²) in [6.45, 7) is 2.18. The van der Waals surface area contributed by atoms with Crippen LogP contribution >= 0.6 is 11.3 Å². The monoisotopic (exact) mass is 350 g/mol. The minimum Gasteiger partial charge on any atom is -0.206 e. The van der Waals surface area contributed by atoms with Gasteiger partial charge in [0.2, 0.25) is 0 Å². The van der Waals surface area contributed by atoms with E-state index < -0.39 is 0 Å². The predicted molar refractivity (Wildman–Crippen MR) is 106 cm³/mol. The zero-order valence-corrected chi connectivity index (χ0v) is 15.4. The molecule has 1 saturated carbocycles. The number of rotatable bonds is 6. The molecule has 0 N–H and O–H groups in total. The summed E-state index contributed by atoms with van der Waals surface area (Å²) in [6, 6.07) is 18.4. The van der Waals surface area contributed by atoms with Crippen molar-refractivity contribution >= 4 is 11.3 Å². The van der Waals surface area contributed by atoms with E-state index in [-0.39, 0.29) is 5.82 Å². The van der Waals surface area contributed by atoms with Crippen molar-refractivity contribution in [3.8, 4) is 21.6 Å². The third kappa shape index (κ3) is 3.85. The standard InChI is InChI=1S/C23H23FS/c1-2-3-16-6-8-18(9-7-16)19-10-12-21(22(24)15-19)23-13-11-20(25-23)14-17-4-5-17/h6-13,15,17H,2-5,14H2,1H3. The van der Waals surface area contributed by atoms with E-state index in [4.69, 9.17) is 0 Å². The number of thiophene rings is 1. The first-order valence-corrected chi connectivity index (χ1v) is 10.0. The molecule has 0 bridgehead atoms. The van der Waals surface area contributed by atoms with Gasteiger partial charge in [0, 0.05) is 15.3 Å². The molecule has 1 heterocycles. The Labute approximate surface area is 153 Å². The minimum atomic E-state index is -0.130. The highest BCUT2D eigenvalue weighted by Crippen LogP contribution is 2.38. The lowest BCUT2D eigenvalue weighted by atomic mass is 10.0. The molecule has 0 amide bonds. The Balaban J connectivity index is 1.56. The smallest absolute Gasteiger partial charge is 0.132 e. The summed E-state index contributed by atoms with van der Waals surface area (Å²) in [5.74, 6) is 0.740. The Kier molecular flexibility index (Phi) is 4.72. The van der Waals surface area contributed by atoms with Gasteiger partial charge in [0.1, 0.15) is 5.82 Å². The van der Waals surface area contributed by atoms with E-state index >= 15 is 0 Å². The minimum absolute atomic E-state index is 0.130. The first-order chi connectivity index (χ1) is 12.2. The van der Waals surface area contributed by atoms with Crippen molar-refractivity contribution in [1.82, 2.24) is 0 Å². The van der Waals surface area contributed by atoms with Crippen molar-refractivity contribution in [2.45, 2.75) is 39.0 Å². The lowest BCUT2D eigenvalue weighted by Crippen LogP contribution is -1.86. The van der Waals surface area contributed by atoms with E-state index in [1.54, 1.807) is 17.4 Å². The Bertz CT molecular complexity index is 856. The van der Waals surface area contributed by atoms with Crippen LogP contribution in [0.4, 0.5) is 4.39 Å². The molecule has 0 nitrogen and oxygen atoms in total. The van der Waals surface area contributed by atoms with Crippen LogP contribution in [0.1, 0.15) is 36.6 Å². The van der Waals surface area contributed by atoms with E-state index in [0.717, 1.165) is 46.7 Å². The average molecular weight is 351 g/mol. The summed E-state index contributed by atoms with van der Waals surface area (Å²) in [5.41, 5.74) is 4.08. The lowest BCUT2D eigenvalue weighted by molar-refractivity contribution is 0.632. The summed E-state index contributed by atoms with van der Waals surface area (Å²) in [6.07, 6.45) is 6.11. The van der Waals surface area contributed by atoms with Crippen LogP contribution in [0.3, 0.4) is 0 Å². The topological polar surface area (TPSA) is 0 Å². The SMILES string of the molecule is CCCc1ccc(-c2ccc(-c3ccc(CC4CC4)s3)c(F)c2)cc1. The molecular weight excluding hydrogens is 327 g/mol. The number of hydrogen-bond donors (Lipinski definition) is 0. The van der Waals surface area contributed by atoms with Crippen molar-refractivity contribution in [2.75, 3.05) is 0 Å². The van der Waals surface area contributed by atoms with Gasteiger partial charge < -0.3 is 0 Å². The van der Waals surface area contributed by atoms with E-state index in [9.17, 15) is 4.39 Å². The van der Waals surface area contributed by atoms with E-state index in [1.807, 2.05) is 12.1 Å². The second-order valence-corrected chi connectivity index (χ2v) is 8.22. The predicted octanol–water partition coefficient (Wildman–Crippen LogP) is 7.13. The van der Waals surface area contributed by atoms with Gasteiger partial charge in [0.05, 0.1) is 0 Å². The maximum absolute atomic E-state index is 14.7. The fourth-order valence-electron chi connectivity index (χ4n) is 3.29. The zero-order chi connectivity index (χ0) is 17.2. The van der Waals surface area contributed by atoms with Gasteiger partial charge >= 0.3 is 0 Å². The van der Waals surface area contributed by atoms with E-state index in [2.05, 4.69) is 43.3 Å². The molecule has 0 radical (unpaired) electrons. The first-order valence-electron chi connectivity index (χ1n) is 9.21. The van der Waals surface area contributed by atoms with Gasteiger partial charge in [-0.2, -0.15) is 0 Å². The molecule has 25 heavy (non-hydrogen) atoms. The first kappa shape index (κ1) is 16.5. The van der Waals surface area contributed by atoms with Crippen LogP contribution in [-0.4, -0.2) is 0 Å². The third-order valence-electron chi connectivity index (χ3n) is 4.91. The van der Waals surface area contributed by atoms with Crippen molar-refractivity contribution in [3.05, 3.63) is 70.9 Å². The molecule has 128 valence electrons. The molecule has 0 unspecified atom stereocenters. The molecule has 1 aromatic heterocycles. The fourth-order valence-corrected chi connectivity index (χ4v) is 4.44. The summed E-state index contributed by atoms with van der Waals surface area (Å²) in [7, 11) is 0. The Hall–Kier alpha value is -1.93. The summed E-state index contributed by atoms with van der Waals surface area (Å²) < 4.78 is 14.7. The summed E-state index contributed by atoms with van der Waals surface area (Å²) >= 11 is 1.74. The highest BCUT2D eigenvalue weighted by atomic mass is 32.1. The van der Waals surface area contributed by atoms with Crippen LogP contribution in [-0.2, 0) is 12.8 Å². The Morgan fingerprint density at radius 2 is 1.72 bits per heavy atom. The molecule has 0 saturated heterocycles. The van der Waals surface area contributed by atoms with Crippen molar-refractivity contribution in [2.24, 2.45) is 5.92 Å². The van der Waals surface area contributed by atoms with Crippen LogP contribution in [0.25, 0.3) is 21.6 Å². The van der Waals surface area contributed by atoms with Gasteiger partial charge in [-0.1, -0.05) is 43.7 Å². The zero-order valence-electron chi connectivity index (χ0n) is 14.6. The molecule has 1 aliphatic carbocycles. The quantitative estimate of drug-likeness (QED) is 0.444. The highest BCUT2D eigenvalue weighted by Gasteiger charge is 2.22. The van der Waals surface area contributed by atoms with Crippen LogP contribution < -0.4 is 0 Å². The molecule has 1 aliphatic rings. The second-order valence-electron chi connectivity index (χ2n) is 7.06. The molecule has 4 rings (SSSR count). The highest BCUT2D eigenvalue weighted by molar-refractivity contribution is 7.15. The van der Waals surface area contributed by atoms with Gasteiger partial charge in [0.15, 0.2) is 0 Å². The van der Waals surface area contributed by atoms with Crippen molar-refractivity contribution in [1.29, 1.82) is 0 Å². The maximum Gasteiger partial charge on any atom is 0.132 e. The van der Waals surface area contributed by atoms with Gasteiger partial charge in [-0.3, -0.25) is 0 Å². The van der Waals surface area contributed by atoms with Crippen molar-refractivity contribution in [3.63, 3.8) is 0 Å². The second kappa shape index (κ2) is 7.13. The average Bonchev–Trinajstić information content (AvgIpc) is 3.31. The molecule has 1 fully saturated rings. The van der Waals surface area contributed by atoms with Crippen LogP contribution in [0.15, 0.2) is 54.6 Å². The number of hydrogen-bond acceptors (Lipinski definition) is 1. The molecule has 0 aliphatic heterocycles. The molecular formula is C23H23FS. The fraction of sp³-hybridized carbons (Fsp3) is 0.304. The summed E-state index contributed by atoms with van der Waals surface area (Å²) in [5, 5.41) is 0. The Morgan fingerprint density at radius 1 is 0.960 bits per heavy atom. The summed E-state index contributed by atoms with van der Waals surface area (Å²) in [4.78, 5) is 2.42. The Morgan fingerprint density at radius 3 is 2.40 bits per heavy atom. The van der Waals surface area contributed by atoms with Gasteiger partial charge in [-0.05, 0) is 72.6 Å². The van der Waals surface area contributed by atoms with Crippen LogP contribution in [0, 0.1) is 11.7 Å². The number of benzene rings is 2. The maximum atomic E-state index is 14.7. The van der Waals surface area contributed by atoms with Crippen LogP contribution in [0.5, 0.6) is 0 Å². The largest absolute Gasteiger partial charge is 0.206 e. The van der Waals surface area contributed by atoms with Crippen LogP contribution in [0.2, 0.25) is 0 Å². The molecule has 2 aromatic carbocycles. The molecule has 3 aromatic rings. The van der Waals surface area contributed by atoms with Gasteiger partial charge in [-0.15, -0.1) is 11.3 Å². The van der Waals surface area contributed by atoms with Gasteiger partial charge in [-0.25, -0.2) is 4.39 Å². The molecule has 0 atom stereocenters. The van der Waals surface area contributed by atoms with E-state index in [1.165, 1.54) is 23.3 Å². The van der Waals surface area contributed by atoms with Crippen molar-refractivity contribution < 1.29 is 4.39 Å². The van der Waals surface area contributed by atoms with Gasteiger partial charge in [0.25, 0.3) is 0 Å².